The Hall–Kier alpha value is -2.51. The number of furan rings is 1. The molecule has 126 valence electrons. The largest absolute Gasteiger partial charge is 0.468 e. The van der Waals surface area contributed by atoms with Crippen molar-refractivity contribution in [1.29, 1.82) is 0 Å². The number of ketones is 1. The molecule has 1 heterocycles. The van der Waals surface area contributed by atoms with Gasteiger partial charge in [0.25, 0.3) is 0 Å². The van der Waals surface area contributed by atoms with E-state index in [2.05, 4.69) is 5.43 Å². The van der Waals surface area contributed by atoms with Crippen molar-refractivity contribution in [3.63, 3.8) is 0 Å². The minimum Gasteiger partial charge on any atom is -0.468 e. The van der Waals surface area contributed by atoms with E-state index in [4.69, 9.17) is 13.9 Å². The molecule has 1 N–H and O–H groups in total. The molecule has 1 aliphatic rings. The summed E-state index contributed by atoms with van der Waals surface area (Å²) in [5.74, 6) is 0.603. The maximum atomic E-state index is 12.1. The molecule has 23 heavy (non-hydrogen) atoms. The zero-order valence-electron chi connectivity index (χ0n) is 13.2. The third-order valence-corrected chi connectivity index (χ3v) is 3.35. The number of ether oxygens (including phenoxy) is 2. The van der Waals surface area contributed by atoms with Gasteiger partial charge in [-0.2, -0.15) is 0 Å². The zero-order chi connectivity index (χ0) is 16.8. The highest BCUT2D eigenvalue weighted by molar-refractivity contribution is 5.99. The molecular formula is C15H20N2O6. The Morgan fingerprint density at radius 1 is 1.26 bits per heavy atom. The number of hydrogen-bond donors (Lipinski definition) is 1. The van der Waals surface area contributed by atoms with Crippen LogP contribution in [-0.2, 0) is 22.4 Å². The molecule has 0 atom stereocenters. The maximum absolute atomic E-state index is 12.1. The highest BCUT2D eigenvalue weighted by Crippen LogP contribution is 2.27. The van der Waals surface area contributed by atoms with E-state index in [0.717, 1.165) is 11.4 Å². The van der Waals surface area contributed by atoms with Crippen LogP contribution in [0.4, 0.5) is 9.59 Å². The number of amides is 2. The van der Waals surface area contributed by atoms with Crippen molar-refractivity contribution in [2.75, 3.05) is 13.2 Å². The van der Waals surface area contributed by atoms with Gasteiger partial charge in [-0.25, -0.2) is 20.0 Å². The molecule has 0 fully saturated rings. The van der Waals surface area contributed by atoms with Crippen LogP contribution in [-0.4, -0.2) is 36.2 Å². The van der Waals surface area contributed by atoms with Crippen LogP contribution in [0.15, 0.2) is 10.7 Å². The molecule has 1 aromatic rings. The molecule has 0 radical (unpaired) electrons. The van der Waals surface area contributed by atoms with Crippen LogP contribution in [0.2, 0.25) is 0 Å². The van der Waals surface area contributed by atoms with Gasteiger partial charge in [0.2, 0.25) is 0 Å². The molecule has 2 rings (SSSR count). The van der Waals surface area contributed by atoms with Crippen LogP contribution >= 0.6 is 0 Å². The smallest absolute Gasteiger partial charge is 0.429 e. The zero-order valence-corrected chi connectivity index (χ0v) is 13.2. The number of Topliss-reactive ketones (excluding diaryl/α,β-unsaturated/α-hetero) is 1. The van der Waals surface area contributed by atoms with Gasteiger partial charge in [-0.05, 0) is 20.3 Å². The molecule has 0 spiro atoms. The van der Waals surface area contributed by atoms with Gasteiger partial charge in [-0.15, -0.1) is 0 Å². The van der Waals surface area contributed by atoms with E-state index in [0.29, 0.717) is 29.7 Å². The van der Waals surface area contributed by atoms with E-state index in [1.807, 2.05) is 0 Å². The second kappa shape index (κ2) is 7.66. The van der Waals surface area contributed by atoms with Gasteiger partial charge in [0.1, 0.15) is 5.76 Å². The SMILES string of the molecule is CCOC(=O)NN(Cc1coc2c1C(=O)CCC2)C(=O)OCC. The molecule has 0 aliphatic heterocycles. The Balaban J connectivity index is 2.17. The molecule has 0 aromatic carbocycles. The first-order chi connectivity index (χ1) is 11.1. The number of carbonyl (C=O) groups is 3. The highest BCUT2D eigenvalue weighted by atomic mass is 16.6. The van der Waals surface area contributed by atoms with Crippen molar-refractivity contribution in [3.8, 4) is 0 Å². The summed E-state index contributed by atoms with van der Waals surface area (Å²) in [4.78, 5) is 35.6. The van der Waals surface area contributed by atoms with E-state index in [9.17, 15) is 14.4 Å². The number of nitrogens with one attached hydrogen (secondary N) is 1. The summed E-state index contributed by atoms with van der Waals surface area (Å²) in [6.45, 7) is 3.59. The molecule has 8 nitrogen and oxygen atoms in total. The average Bonchev–Trinajstić information content (AvgIpc) is 2.91. The number of aryl methyl sites for hydroxylation is 1. The molecule has 0 saturated carbocycles. The van der Waals surface area contributed by atoms with Crippen LogP contribution in [0.1, 0.15) is 48.4 Å². The van der Waals surface area contributed by atoms with Crippen LogP contribution in [0.3, 0.4) is 0 Å². The Morgan fingerprint density at radius 2 is 2.00 bits per heavy atom. The summed E-state index contributed by atoms with van der Waals surface area (Å²) < 4.78 is 15.1. The van der Waals surface area contributed by atoms with Crippen molar-refractivity contribution < 1.29 is 28.3 Å². The summed E-state index contributed by atoms with van der Waals surface area (Å²) in [5.41, 5.74) is 3.34. The number of nitrogens with zero attached hydrogens (tertiary/aromatic N) is 1. The van der Waals surface area contributed by atoms with Gasteiger partial charge in [-0.1, -0.05) is 0 Å². The van der Waals surface area contributed by atoms with Gasteiger partial charge in [0.05, 0.1) is 31.6 Å². The summed E-state index contributed by atoms with van der Waals surface area (Å²) >= 11 is 0. The van der Waals surface area contributed by atoms with Gasteiger partial charge in [0, 0.05) is 18.4 Å². The maximum Gasteiger partial charge on any atom is 0.429 e. The fourth-order valence-electron chi connectivity index (χ4n) is 2.40. The fraction of sp³-hybridized carbons (Fsp3) is 0.533. The number of rotatable bonds is 4. The summed E-state index contributed by atoms with van der Waals surface area (Å²) in [7, 11) is 0. The quantitative estimate of drug-likeness (QED) is 0.854. The molecule has 8 heteroatoms. The molecule has 0 bridgehead atoms. The third kappa shape index (κ3) is 4.02. The summed E-state index contributed by atoms with van der Waals surface area (Å²) in [6.07, 6.45) is 1.81. The fourth-order valence-corrected chi connectivity index (χ4v) is 2.40. The summed E-state index contributed by atoms with van der Waals surface area (Å²) in [6, 6.07) is 0. The van der Waals surface area contributed by atoms with E-state index >= 15 is 0 Å². The van der Waals surface area contributed by atoms with Crippen LogP contribution in [0.5, 0.6) is 0 Å². The average molecular weight is 324 g/mol. The van der Waals surface area contributed by atoms with Gasteiger partial charge in [-0.3, -0.25) is 4.79 Å². The lowest BCUT2D eigenvalue weighted by Gasteiger charge is -2.22. The van der Waals surface area contributed by atoms with Crippen LogP contribution in [0.25, 0.3) is 0 Å². The van der Waals surface area contributed by atoms with Crippen molar-refractivity contribution in [1.82, 2.24) is 10.4 Å². The lowest BCUT2D eigenvalue weighted by molar-refractivity contribution is 0.0708. The second-order valence-corrected chi connectivity index (χ2v) is 4.95. The Bertz CT molecular complexity index is 595. The third-order valence-electron chi connectivity index (χ3n) is 3.35. The Morgan fingerprint density at radius 3 is 2.70 bits per heavy atom. The molecule has 1 aliphatic carbocycles. The molecule has 0 saturated heterocycles. The molecule has 0 unspecified atom stereocenters. The Labute approximate surface area is 133 Å². The summed E-state index contributed by atoms with van der Waals surface area (Å²) in [5, 5.41) is 0.967. The van der Waals surface area contributed by atoms with Gasteiger partial charge >= 0.3 is 12.2 Å². The van der Waals surface area contributed by atoms with Crippen molar-refractivity contribution in [3.05, 3.63) is 23.2 Å². The van der Waals surface area contributed by atoms with Crippen molar-refractivity contribution in [2.24, 2.45) is 0 Å². The van der Waals surface area contributed by atoms with E-state index in [1.54, 1.807) is 13.8 Å². The van der Waals surface area contributed by atoms with Gasteiger partial charge < -0.3 is 13.9 Å². The predicted molar refractivity (Wildman–Crippen MR) is 78.7 cm³/mol. The van der Waals surface area contributed by atoms with E-state index < -0.39 is 12.2 Å². The number of fused-ring (bicyclic) bond motifs is 1. The number of carbonyl (C=O) groups excluding carboxylic acids is 3. The number of hydrazine groups is 1. The standard InChI is InChI=1S/C15H20N2O6/c1-3-21-14(19)16-17(15(20)22-4-2)8-10-9-23-12-7-5-6-11(18)13(10)12/h9H,3-8H2,1-2H3,(H,16,19). The molecule has 2 amide bonds. The topological polar surface area (TPSA) is 98.1 Å². The van der Waals surface area contributed by atoms with Gasteiger partial charge in [0.15, 0.2) is 5.78 Å². The first-order valence-electron chi connectivity index (χ1n) is 7.56. The normalized spacial score (nSPS) is 13.2. The lowest BCUT2D eigenvalue weighted by atomic mass is 9.94. The highest BCUT2D eigenvalue weighted by Gasteiger charge is 2.27. The number of hydrogen-bond acceptors (Lipinski definition) is 6. The monoisotopic (exact) mass is 324 g/mol. The van der Waals surface area contributed by atoms with E-state index in [1.165, 1.54) is 6.26 Å². The van der Waals surface area contributed by atoms with Crippen LogP contribution in [0, 0.1) is 0 Å². The first kappa shape index (κ1) is 16.9. The lowest BCUT2D eigenvalue weighted by Crippen LogP contribution is -2.46. The van der Waals surface area contributed by atoms with Crippen molar-refractivity contribution in [2.45, 2.75) is 39.7 Å². The minimum absolute atomic E-state index is 0.0186. The predicted octanol–water partition coefficient (Wildman–Crippen LogP) is 2.42. The van der Waals surface area contributed by atoms with E-state index in [-0.39, 0.29) is 25.5 Å². The second-order valence-electron chi connectivity index (χ2n) is 4.95. The van der Waals surface area contributed by atoms with Crippen LogP contribution < -0.4 is 5.43 Å². The molecule has 1 aromatic heterocycles. The molecular weight excluding hydrogens is 304 g/mol. The Kier molecular flexibility index (Phi) is 5.61. The first-order valence-corrected chi connectivity index (χ1v) is 7.56. The minimum atomic E-state index is -0.774. The van der Waals surface area contributed by atoms with Crippen molar-refractivity contribution >= 4 is 18.0 Å².